The molecule has 0 spiro atoms. The molecule has 0 unspecified atom stereocenters. The number of anilines is 1. The third-order valence-corrected chi connectivity index (χ3v) is 3.90. The van der Waals surface area contributed by atoms with Gasteiger partial charge in [0.15, 0.2) is 5.82 Å². The third kappa shape index (κ3) is 2.90. The lowest BCUT2D eigenvalue weighted by Crippen LogP contribution is -2.04. The average molecular weight is 342 g/mol. The van der Waals surface area contributed by atoms with Gasteiger partial charge in [-0.1, -0.05) is 49.4 Å². The molecule has 1 N–H and O–H groups in total. The van der Waals surface area contributed by atoms with Gasteiger partial charge in [-0.3, -0.25) is 0 Å². The zero-order chi connectivity index (χ0) is 14.7. The summed E-state index contributed by atoms with van der Waals surface area (Å²) in [7, 11) is 0. The first-order chi connectivity index (χ1) is 10.3. The van der Waals surface area contributed by atoms with Crippen molar-refractivity contribution in [3.05, 3.63) is 53.1 Å². The molecule has 3 nitrogen and oxygen atoms in total. The minimum Gasteiger partial charge on any atom is -0.369 e. The molecule has 1 heterocycles. The number of hydrogen-bond acceptors (Lipinski definition) is 3. The molecule has 0 radical (unpaired) electrons. The van der Waals surface area contributed by atoms with Crippen LogP contribution < -0.4 is 5.32 Å². The highest BCUT2D eigenvalue weighted by Crippen LogP contribution is 2.28. The van der Waals surface area contributed by atoms with E-state index in [1.54, 1.807) is 0 Å². The van der Waals surface area contributed by atoms with E-state index >= 15 is 0 Å². The number of nitrogens with one attached hydrogen (secondary N) is 1. The quantitative estimate of drug-likeness (QED) is 0.734. The van der Waals surface area contributed by atoms with Gasteiger partial charge in [-0.15, -0.1) is 0 Å². The van der Waals surface area contributed by atoms with Crippen molar-refractivity contribution in [2.24, 2.45) is 0 Å². The number of benzene rings is 2. The van der Waals surface area contributed by atoms with Crippen LogP contribution in [0.3, 0.4) is 0 Å². The van der Waals surface area contributed by atoms with Crippen molar-refractivity contribution in [2.45, 2.75) is 13.3 Å². The van der Waals surface area contributed by atoms with Crippen LogP contribution in [0.25, 0.3) is 22.2 Å². The molecule has 0 aliphatic rings. The van der Waals surface area contributed by atoms with Crippen LogP contribution in [-0.2, 0) is 0 Å². The standard InChI is InChI=1S/C17H16BrN3/c1-2-10-19-17-15(18)11-20-16(21-17)14-9-5-7-12-6-3-4-8-13(12)14/h3-9,11H,2,10H2,1H3,(H,19,20,21). The Hall–Kier alpha value is -1.94. The van der Waals surface area contributed by atoms with Crippen molar-refractivity contribution >= 4 is 32.5 Å². The molecule has 0 aliphatic carbocycles. The van der Waals surface area contributed by atoms with E-state index in [1.807, 2.05) is 24.4 Å². The fourth-order valence-electron chi connectivity index (χ4n) is 2.28. The molecule has 0 amide bonds. The monoisotopic (exact) mass is 341 g/mol. The number of fused-ring (bicyclic) bond motifs is 1. The fraction of sp³-hybridized carbons (Fsp3) is 0.176. The largest absolute Gasteiger partial charge is 0.369 e. The van der Waals surface area contributed by atoms with Crippen LogP contribution in [0.15, 0.2) is 53.1 Å². The minimum absolute atomic E-state index is 0.744. The van der Waals surface area contributed by atoms with Crippen LogP contribution in [-0.4, -0.2) is 16.5 Å². The summed E-state index contributed by atoms with van der Waals surface area (Å²) in [5, 5.41) is 5.69. The maximum absolute atomic E-state index is 4.66. The van der Waals surface area contributed by atoms with Crippen molar-refractivity contribution in [3.8, 4) is 11.4 Å². The van der Waals surface area contributed by atoms with E-state index in [0.29, 0.717) is 0 Å². The summed E-state index contributed by atoms with van der Waals surface area (Å²) < 4.78 is 0.889. The summed E-state index contributed by atoms with van der Waals surface area (Å²) in [5.41, 5.74) is 1.06. The summed E-state index contributed by atoms with van der Waals surface area (Å²) in [4.78, 5) is 9.13. The summed E-state index contributed by atoms with van der Waals surface area (Å²) in [6.45, 7) is 3.03. The van der Waals surface area contributed by atoms with Gasteiger partial charge in [0, 0.05) is 18.3 Å². The number of nitrogens with zero attached hydrogens (tertiary/aromatic N) is 2. The molecule has 0 saturated carbocycles. The average Bonchev–Trinajstić information content (AvgIpc) is 2.54. The topological polar surface area (TPSA) is 37.8 Å². The van der Waals surface area contributed by atoms with E-state index in [-0.39, 0.29) is 0 Å². The van der Waals surface area contributed by atoms with Gasteiger partial charge in [0.2, 0.25) is 0 Å². The molecule has 0 saturated heterocycles. The second kappa shape index (κ2) is 6.22. The highest BCUT2D eigenvalue weighted by molar-refractivity contribution is 9.10. The van der Waals surface area contributed by atoms with Gasteiger partial charge in [-0.2, -0.15) is 0 Å². The smallest absolute Gasteiger partial charge is 0.162 e. The Balaban J connectivity index is 2.10. The van der Waals surface area contributed by atoms with Gasteiger partial charge < -0.3 is 5.32 Å². The van der Waals surface area contributed by atoms with E-state index < -0.39 is 0 Å². The number of halogens is 1. The number of aromatic nitrogens is 2. The second-order valence-corrected chi connectivity index (χ2v) is 5.70. The Kier molecular flexibility index (Phi) is 4.15. The number of rotatable bonds is 4. The van der Waals surface area contributed by atoms with Gasteiger partial charge in [0.05, 0.1) is 4.47 Å². The molecular weight excluding hydrogens is 326 g/mol. The van der Waals surface area contributed by atoms with Crippen molar-refractivity contribution in [2.75, 3.05) is 11.9 Å². The highest BCUT2D eigenvalue weighted by atomic mass is 79.9. The van der Waals surface area contributed by atoms with Crippen LogP contribution in [0, 0.1) is 0 Å². The molecule has 2 aromatic carbocycles. The number of hydrogen-bond donors (Lipinski definition) is 1. The molecule has 0 aliphatic heterocycles. The van der Waals surface area contributed by atoms with E-state index in [4.69, 9.17) is 0 Å². The second-order valence-electron chi connectivity index (χ2n) is 4.84. The molecule has 21 heavy (non-hydrogen) atoms. The Morgan fingerprint density at radius 2 is 1.90 bits per heavy atom. The third-order valence-electron chi connectivity index (χ3n) is 3.32. The van der Waals surface area contributed by atoms with Gasteiger partial charge in [-0.05, 0) is 33.1 Å². The lowest BCUT2D eigenvalue weighted by molar-refractivity contribution is 0.963. The van der Waals surface area contributed by atoms with Gasteiger partial charge >= 0.3 is 0 Å². The lowest BCUT2D eigenvalue weighted by Gasteiger charge is -2.09. The zero-order valence-corrected chi connectivity index (χ0v) is 13.4. The van der Waals surface area contributed by atoms with Crippen LogP contribution >= 0.6 is 15.9 Å². The van der Waals surface area contributed by atoms with Crippen LogP contribution in [0.4, 0.5) is 5.82 Å². The molecule has 0 fully saturated rings. The first kappa shape index (κ1) is 14.0. The zero-order valence-electron chi connectivity index (χ0n) is 11.8. The lowest BCUT2D eigenvalue weighted by atomic mass is 10.0. The molecule has 3 rings (SSSR count). The predicted octanol–water partition coefficient (Wildman–Crippen LogP) is 4.88. The molecular formula is C17H16BrN3. The maximum Gasteiger partial charge on any atom is 0.162 e. The summed E-state index contributed by atoms with van der Waals surface area (Å²) in [5.74, 6) is 1.59. The van der Waals surface area contributed by atoms with Gasteiger partial charge in [0.1, 0.15) is 5.82 Å². The Bertz CT molecular complexity index is 766. The molecule has 0 atom stereocenters. The molecule has 106 valence electrons. The van der Waals surface area contributed by atoms with Crippen molar-refractivity contribution in [3.63, 3.8) is 0 Å². The van der Waals surface area contributed by atoms with Crippen LogP contribution in [0.5, 0.6) is 0 Å². The van der Waals surface area contributed by atoms with E-state index in [9.17, 15) is 0 Å². The summed E-state index contributed by atoms with van der Waals surface area (Å²) >= 11 is 3.50. The highest BCUT2D eigenvalue weighted by Gasteiger charge is 2.09. The summed E-state index contributed by atoms with van der Waals surface area (Å²) in [6.07, 6.45) is 2.86. The van der Waals surface area contributed by atoms with Crippen LogP contribution in [0.1, 0.15) is 13.3 Å². The predicted molar refractivity (Wildman–Crippen MR) is 91.5 cm³/mol. The first-order valence-corrected chi connectivity index (χ1v) is 7.83. The fourth-order valence-corrected chi connectivity index (χ4v) is 2.62. The first-order valence-electron chi connectivity index (χ1n) is 7.04. The minimum atomic E-state index is 0.744. The van der Waals surface area contributed by atoms with Crippen LogP contribution in [0.2, 0.25) is 0 Å². The molecule has 4 heteroatoms. The van der Waals surface area contributed by atoms with E-state index in [0.717, 1.165) is 34.6 Å². The Morgan fingerprint density at radius 3 is 2.76 bits per heavy atom. The van der Waals surface area contributed by atoms with Gasteiger partial charge in [-0.25, -0.2) is 9.97 Å². The van der Waals surface area contributed by atoms with Crippen molar-refractivity contribution in [1.29, 1.82) is 0 Å². The molecule has 3 aromatic rings. The normalized spacial score (nSPS) is 10.8. The van der Waals surface area contributed by atoms with E-state index in [2.05, 4.69) is 62.4 Å². The van der Waals surface area contributed by atoms with Crippen molar-refractivity contribution < 1.29 is 0 Å². The molecule has 1 aromatic heterocycles. The van der Waals surface area contributed by atoms with Crippen molar-refractivity contribution in [1.82, 2.24) is 9.97 Å². The maximum atomic E-state index is 4.66. The summed E-state index contributed by atoms with van der Waals surface area (Å²) in [6, 6.07) is 14.5. The Labute approximate surface area is 132 Å². The SMILES string of the molecule is CCCNc1nc(-c2cccc3ccccc23)ncc1Br. The molecule has 0 bridgehead atoms. The van der Waals surface area contributed by atoms with E-state index in [1.165, 1.54) is 10.8 Å². The Morgan fingerprint density at radius 1 is 1.10 bits per heavy atom. The van der Waals surface area contributed by atoms with Gasteiger partial charge in [0.25, 0.3) is 0 Å².